The molecular formula is C21H17N7O. The molecule has 0 aliphatic carbocycles. The Kier molecular flexibility index (Phi) is 5.39. The van der Waals surface area contributed by atoms with Gasteiger partial charge < -0.3 is 10.1 Å². The summed E-state index contributed by atoms with van der Waals surface area (Å²) < 4.78 is 5.70. The Morgan fingerprint density at radius 2 is 1.76 bits per heavy atom. The SMILES string of the molecule is N#Cc1cnc(Nc2ccc(OCCn3nccn3)cc2)nc1-c1ccccc1. The van der Waals surface area contributed by atoms with Crippen molar-refractivity contribution in [1.82, 2.24) is 25.0 Å². The smallest absolute Gasteiger partial charge is 0.227 e. The molecule has 0 radical (unpaired) electrons. The molecule has 0 amide bonds. The van der Waals surface area contributed by atoms with Crippen LogP contribution in [0, 0.1) is 11.3 Å². The van der Waals surface area contributed by atoms with E-state index in [0.29, 0.717) is 30.4 Å². The minimum Gasteiger partial charge on any atom is -0.492 e. The Labute approximate surface area is 167 Å². The minimum absolute atomic E-state index is 0.418. The van der Waals surface area contributed by atoms with Gasteiger partial charge in [0.2, 0.25) is 5.95 Å². The zero-order valence-corrected chi connectivity index (χ0v) is 15.4. The maximum atomic E-state index is 9.35. The van der Waals surface area contributed by atoms with E-state index in [-0.39, 0.29) is 0 Å². The van der Waals surface area contributed by atoms with E-state index in [0.717, 1.165) is 17.0 Å². The molecule has 4 rings (SSSR count). The van der Waals surface area contributed by atoms with Gasteiger partial charge in [-0.25, -0.2) is 9.97 Å². The normalized spacial score (nSPS) is 10.3. The van der Waals surface area contributed by atoms with Gasteiger partial charge >= 0.3 is 0 Å². The fraction of sp³-hybridized carbons (Fsp3) is 0.0952. The Hall–Kier alpha value is -4.25. The van der Waals surface area contributed by atoms with Crippen molar-refractivity contribution in [3.8, 4) is 23.1 Å². The maximum Gasteiger partial charge on any atom is 0.227 e. The van der Waals surface area contributed by atoms with Crippen molar-refractivity contribution < 1.29 is 4.74 Å². The number of hydrogen-bond donors (Lipinski definition) is 1. The monoisotopic (exact) mass is 383 g/mol. The van der Waals surface area contributed by atoms with Gasteiger partial charge in [-0.15, -0.1) is 0 Å². The maximum absolute atomic E-state index is 9.35. The van der Waals surface area contributed by atoms with E-state index in [1.54, 1.807) is 17.2 Å². The summed E-state index contributed by atoms with van der Waals surface area (Å²) >= 11 is 0. The fourth-order valence-electron chi connectivity index (χ4n) is 2.71. The van der Waals surface area contributed by atoms with Crippen LogP contribution < -0.4 is 10.1 Å². The van der Waals surface area contributed by atoms with Crippen molar-refractivity contribution in [2.24, 2.45) is 0 Å². The van der Waals surface area contributed by atoms with E-state index in [9.17, 15) is 5.26 Å². The number of aromatic nitrogens is 5. The number of nitrogens with one attached hydrogen (secondary N) is 1. The predicted octanol–water partition coefficient (Wildman–Crippen LogP) is 3.43. The highest BCUT2D eigenvalue weighted by Gasteiger charge is 2.09. The number of nitriles is 1. The Bertz CT molecular complexity index is 1100. The largest absolute Gasteiger partial charge is 0.492 e. The van der Waals surface area contributed by atoms with Crippen LogP contribution in [0.25, 0.3) is 11.3 Å². The average molecular weight is 383 g/mol. The first-order chi connectivity index (χ1) is 14.3. The lowest BCUT2D eigenvalue weighted by Crippen LogP contribution is -2.10. The molecule has 8 heteroatoms. The molecule has 4 aromatic rings. The molecule has 0 bridgehead atoms. The zero-order chi connectivity index (χ0) is 19.9. The van der Waals surface area contributed by atoms with E-state index in [1.165, 1.54) is 6.20 Å². The number of anilines is 2. The van der Waals surface area contributed by atoms with Gasteiger partial charge in [0.15, 0.2) is 0 Å². The van der Waals surface area contributed by atoms with Gasteiger partial charge in [-0.3, -0.25) is 0 Å². The van der Waals surface area contributed by atoms with Crippen LogP contribution in [-0.4, -0.2) is 31.6 Å². The third-order valence-corrected chi connectivity index (χ3v) is 4.09. The number of hydrogen-bond acceptors (Lipinski definition) is 7. The summed E-state index contributed by atoms with van der Waals surface area (Å²) in [6.45, 7) is 1.05. The minimum atomic E-state index is 0.418. The first kappa shape index (κ1) is 18.1. The number of benzene rings is 2. The highest BCUT2D eigenvalue weighted by atomic mass is 16.5. The first-order valence-corrected chi connectivity index (χ1v) is 8.98. The third kappa shape index (κ3) is 4.54. The second-order valence-corrected chi connectivity index (χ2v) is 6.06. The summed E-state index contributed by atoms with van der Waals surface area (Å²) in [4.78, 5) is 10.3. The fourth-order valence-corrected chi connectivity index (χ4v) is 2.71. The van der Waals surface area contributed by atoms with Gasteiger partial charge in [0, 0.05) is 11.3 Å². The molecule has 0 aliphatic heterocycles. The van der Waals surface area contributed by atoms with Crippen molar-refractivity contribution in [2.75, 3.05) is 11.9 Å². The van der Waals surface area contributed by atoms with Gasteiger partial charge in [-0.2, -0.15) is 20.3 Å². The number of ether oxygens (including phenoxy) is 1. The molecule has 0 saturated heterocycles. The van der Waals surface area contributed by atoms with Crippen molar-refractivity contribution >= 4 is 11.6 Å². The molecule has 0 atom stereocenters. The lowest BCUT2D eigenvalue weighted by molar-refractivity contribution is 0.282. The quantitative estimate of drug-likeness (QED) is 0.522. The third-order valence-electron chi connectivity index (χ3n) is 4.09. The van der Waals surface area contributed by atoms with Crippen LogP contribution in [0.3, 0.4) is 0 Å². The molecule has 8 nitrogen and oxygen atoms in total. The van der Waals surface area contributed by atoms with Gasteiger partial charge in [0.25, 0.3) is 0 Å². The molecule has 0 saturated carbocycles. The van der Waals surface area contributed by atoms with E-state index < -0.39 is 0 Å². The summed E-state index contributed by atoms with van der Waals surface area (Å²) in [5, 5.41) is 20.6. The topological polar surface area (TPSA) is 102 Å². The molecular weight excluding hydrogens is 366 g/mol. The Morgan fingerprint density at radius 3 is 2.48 bits per heavy atom. The lowest BCUT2D eigenvalue weighted by Gasteiger charge is -2.10. The summed E-state index contributed by atoms with van der Waals surface area (Å²) in [7, 11) is 0. The van der Waals surface area contributed by atoms with E-state index in [1.807, 2.05) is 54.6 Å². The van der Waals surface area contributed by atoms with Crippen LogP contribution in [0.2, 0.25) is 0 Å². The summed E-state index contributed by atoms with van der Waals surface area (Å²) in [6, 6.07) is 19.2. The number of rotatable bonds is 7. The van der Waals surface area contributed by atoms with Crippen molar-refractivity contribution in [3.05, 3.63) is 78.8 Å². The van der Waals surface area contributed by atoms with Crippen LogP contribution in [0.15, 0.2) is 73.2 Å². The molecule has 142 valence electrons. The van der Waals surface area contributed by atoms with E-state index in [2.05, 4.69) is 31.6 Å². The summed E-state index contributed by atoms with van der Waals surface area (Å²) in [5.41, 5.74) is 2.70. The van der Waals surface area contributed by atoms with Gasteiger partial charge in [0.05, 0.1) is 36.4 Å². The predicted molar refractivity (Wildman–Crippen MR) is 107 cm³/mol. The highest BCUT2D eigenvalue weighted by Crippen LogP contribution is 2.23. The van der Waals surface area contributed by atoms with Crippen LogP contribution in [-0.2, 0) is 6.54 Å². The summed E-state index contributed by atoms with van der Waals surface area (Å²) in [5.74, 6) is 1.16. The molecule has 0 unspecified atom stereocenters. The van der Waals surface area contributed by atoms with Crippen molar-refractivity contribution in [3.63, 3.8) is 0 Å². The molecule has 2 aromatic heterocycles. The first-order valence-electron chi connectivity index (χ1n) is 8.98. The van der Waals surface area contributed by atoms with E-state index in [4.69, 9.17) is 4.74 Å². The molecule has 2 aromatic carbocycles. The Balaban J connectivity index is 1.43. The molecule has 0 aliphatic rings. The molecule has 0 spiro atoms. The van der Waals surface area contributed by atoms with Crippen molar-refractivity contribution in [1.29, 1.82) is 5.26 Å². The van der Waals surface area contributed by atoms with Crippen molar-refractivity contribution in [2.45, 2.75) is 6.54 Å². The Morgan fingerprint density at radius 1 is 1.00 bits per heavy atom. The molecule has 0 fully saturated rings. The van der Waals surface area contributed by atoms with Crippen LogP contribution in [0.4, 0.5) is 11.6 Å². The van der Waals surface area contributed by atoms with Crippen LogP contribution in [0.5, 0.6) is 5.75 Å². The standard InChI is InChI=1S/C21H17N7O/c22-14-17-15-23-21(27-20(17)16-4-2-1-3-5-16)26-18-6-8-19(9-7-18)29-13-12-28-24-10-11-25-28/h1-11,15H,12-13H2,(H,23,26,27). The molecule has 1 N–H and O–H groups in total. The van der Waals surface area contributed by atoms with Gasteiger partial charge in [0.1, 0.15) is 18.4 Å². The second kappa shape index (κ2) is 8.63. The van der Waals surface area contributed by atoms with Crippen LogP contribution >= 0.6 is 0 Å². The zero-order valence-electron chi connectivity index (χ0n) is 15.4. The lowest BCUT2D eigenvalue weighted by atomic mass is 10.1. The van der Waals surface area contributed by atoms with Gasteiger partial charge in [-0.05, 0) is 24.3 Å². The average Bonchev–Trinajstić information content (AvgIpc) is 3.29. The van der Waals surface area contributed by atoms with E-state index >= 15 is 0 Å². The highest BCUT2D eigenvalue weighted by molar-refractivity contribution is 5.68. The molecule has 2 heterocycles. The molecule has 29 heavy (non-hydrogen) atoms. The summed E-state index contributed by atoms with van der Waals surface area (Å²) in [6.07, 6.45) is 4.79. The van der Waals surface area contributed by atoms with Gasteiger partial charge in [-0.1, -0.05) is 30.3 Å². The van der Waals surface area contributed by atoms with Crippen LogP contribution in [0.1, 0.15) is 5.56 Å². The number of nitrogens with zero attached hydrogens (tertiary/aromatic N) is 6. The second-order valence-electron chi connectivity index (χ2n) is 6.06.